The van der Waals surface area contributed by atoms with Crippen LogP contribution >= 0.6 is 23.2 Å². The minimum Gasteiger partial charge on any atom is -0.291 e. The fraction of sp³-hybridized carbons (Fsp3) is 0.364. The maximum Gasteiger partial charge on any atom is 0.195 e. The molecule has 0 aliphatic heterocycles. The van der Waals surface area contributed by atoms with Crippen molar-refractivity contribution in [3.8, 4) is 0 Å². The summed E-state index contributed by atoms with van der Waals surface area (Å²) in [5.41, 5.74) is 1.76. The average molecular weight is 231 g/mol. The first-order valence-electron chi connectivity index (χ1n) is 4.44. The van der Waals surface area contributed by atoms with E-state index in [1.54, 1.807) is 12.1 Å². The Morgan fingerprint density at radius 2 is 1.64 bits per heavy atom. The molecule has 0 saturated carbocycles. The van der Waals surface area contributed by atoms with Gasteiger partial charge in [0.05, 0.1) is 0 Å². The van der Waals surface area contributed by atoms with E-state index in [0.717, 1.165) is 0 Å². The van der Waals surface area contributed by atoms with Crippen LogP contribution in [0.2, 0.25) is 0 Å². The van der Waals surface area contributed by atoms with Crippen LogP contribution in [-0.2, 0) is 0 Å². The van der Waals surface area contributed by atoms with Crippen LogP contribution in [0, 0.1) is 0 Å². The summed E-state index contributed by atoms with van der Waals surface area (Å²) < 4.78 is 0. The summed E-state index contributed by atoms with van der Waals surface area (Å²) in [6, 6.07) is 7.37. The normalized spacial score (nSPS) is 11.0. The highest BCUT2D eigenvalue weighted by Crippen LogP contribution is 2.17. The fourth-order valence-electron chi connectivity index (χ4n) is 1.16. The van der Waals surface area contributed by atoms with E-state index in [9.17, 15) is 4.79 Å². The van der Waals surface area contributed by atoms with Crippen LogP contribution in [0.1, 0.15) is 35.7 Å². The summed E-state index contributed by atoms with van der Waals surface area (Å²) in [6.07, 6.45) is 0. The number of benzene rings is 1. The van der Waals surface area contributed by atoms with Gasteiger partial charge in [0.15, 0.2) is 10.6 Å². The number of hydrogen-bond acceptors (Lipinski definition) is 1. The minimum absolute atomic E-state index is 0.247. The highest BCUT2D eigenvalue weighted by molar-refractivity contribution is 6.55. The van der Waals surface area contributed by atoms with Gasteiger partial charge in [-0.05, 0) is 11.5 Å². The zero-order valence-electron chi connectivity index (χ0n) is 8.13. The highest BCUT2D eigenvalue weighted by atomic mass is 35.5. The van der Waals surface area contributed by atoms with Gasteiger partial charge in [-0.15, -0.1) is 0 Å². The van der Waals surface area contributed by atoms with Crippen molar-refractivity contribution in [2.24, 2.45) is 0 Å². The molecule has 3 heteroatoms. The van der Waals surface area contributed by atoms with E-state index in [-0.39, 0.29) is 5.78 Å². The topological polar surface area (TPSA) is 17.1 Å². The van der Waals surface area contributed by atoms with E-state index in [1.807, 2.05) is 12.1 Å². The Bertz CT molecular complexity index is 315. The number of rotatable bonds is 3. The molecule has 0 heterocycles. The minimum atomic E-state index is -0.972. The molecule has 0 atom stereocenters. The van der Waals surface area contributed by atoms with E-state index in [0.29, 0.717) is 11.5 Å². The van der Waals surface area contributed by atoms with Gasteiger partial charge < -0.3 is 0 Å². The van der Waals surface area contributed by atoms with Crippen molar-refractivity contribution in [1.29, 1.82) is 0 Å². The van der Waals surface area contributed by atoms with Crippen molar-refractivity contribution >= 4 is 29.0 Å². The summed E-state index contributed by atoms with van der Waals surface area (Å²) in [5.74, 6) is 0.214. The maximum absolute atomic E-state index is 11.4. The molecule has 1 rings (SSSR count). The van der Waals surface area contributed by atoms with Gasteiger partial charge in [0.2, 0.25) is 0 Å². The molecule has 1 nitrogen and oxygen atoms in total. The van der Waals surface area contributed by atoms with Gasteiger partial charge in [-0.25, -0.2) is 0 Å². The van der Waals surface area contributed by atoms with Crippen LogP contribution in [0.5, 0.6) is 0 Å². The van der Waals surface area contributed by atoms with Gasteiger partial charge >= 0.3 is 0 Å². The first-order chi connectivity index (χ1) is 6.52. The molecule has 0 aromatic heterocycles. The first-order valence-corrected chi connectivity index (χ1v) is 5.32. The van der Waals surface area contributed by atoms with E-state index >= 15 is 0 Å². The number of alkyl halides is 2. The predicted molar refractivity (Wildman–Crippen MR) is 60.4 cm³/mol. The largest absolute Gasteiger partial charge is 0.291 e. The number of ketones is 1. The third-order valence-electron chi connectivity index (χ3n) is 2.06. The fourth-order valence-corrected chi connectivity index (χ4v) is 1.41. The van der Waals surface area contributed by atoms with Gasteiger partial charge in [-0.3, -0.25) is 4.79 Å². The summed E-state index contributed by atoms with van der Waals surface area (Å²) in [4.78, 5) is 10.4. The molecule has 0 saturated heterocycles. The van der Waals surface area contributed by atoms with Crippen LogP contribution in [-0.4, -0.2) is 10.6 Å². The number of carbonyl (C=O) groups is 1. The van der Waals surface area contributed by atoms with Gasteiger partial charge in [0.25, 0.3) is 0 Å². The van der Waals surface area contributed by atoms with Crippen molar-refractivity contribution in [1.82, 2.24) is 0 Å². The second-order valence-corrected chi connectivity index (χ2v) is 4.54. The first kappa shape index (κ1) is 11.5. The molecular formula is C11H12Cl2O. The quantitative estimate of drug-likeness (QED) is 0.571. The third-order valence-corrected chi connectivity index (χ3v) is 2.46. The Kier molecular flexibility index (Phi) is 3.97. The Morgan fingerprint density at radius 1 is 1.14 bits per heavy atom. The number of halogens is 2. The van der Waals surface area contributed by atoms with Gasteiger partial charge in [0, 0.05) is 5.56 Å². The van der Waals surface area contributed by atoms with Gasteiger partial charge in [-0.2, -0.15) is 0 Å². The van der Waals surface area contributed by atoms with E-state index < -0.39 is 4.84 Å². The molecule has 1 aromatic carbocycles. The summed E-state index contributed by atoms with van der Waals surface area (Å²) >= 11 is 11.0. The molecule has 0 radical (unpaired) electrons. The number of carbonyl (C=O) groups excluding carboxylic acids is 1. The van der Waals surface area contributed by atoms with Crippen LogP contribution in [0.4, 0.5) is 0 Å². The van der Waals surface area contributed by atoms with E-state index in [2.05, 4.69) is 13.8 Å². The number of Topliss-reactive ketones (excluding diaryl/α,β-unsaturated/α-hetero) is 1. The molecule has 0 aliphatic carbocycles. The van der Waals surface area contributed by atoms with Crippen LogP contribution in [0.3, 0.4) is 0 Å². The molecule has 1 aromatic rings. The average Bonchev–Trinajstić information content (AvgIpc) is 2.16. The molecule has 0 spiro atoms. The van der Waals surface area contributed by atoms with Crippen molar-refractivity contribution in [2.75, 3.05) is 0 Å². The molecule has 14 heavy (non-hydrogen) atoms. The second kappa shape index (κ2) is 4.81. The monoisotopic (exact) mass is 230 g/mol. The SMILES string of the molecule is CC(C)c1ccc(C(=O)C(Cl)Cl)cc1. The summed E-state index contributed by atoms with van der Waals surface area (Å²) in [7, 11) is 0. The lowest BCUT2D eigenvalue weighted by Gasteiger charge is -2.06. The van der Waals surface area contributed by atoms with E-state index in [4.69, 9.17) is 23.2 Å². The van der Waals surface area contributed by atoms with Crippen molar-refractivity contribution in [2.45, 2.75) is 24.6 Å². The lowest BCUT2D eigenvalue weighted by molar-refractivity contribution is 0.101. The molecule has 0 amide bonds. The smallest absolute Gasteiger partial charge is 0.195 e. The van der Waals surface area contributed by atoms with Crippen molar-refractivity contribution in [3.05, 3.63) is 35.4 Å². The molecule has 0 aliphatic rings. The van der Waals surface area contributed by atoms with Gasteiger partial charge in [0.1, 0.15) is 0 Å². The molecule has 0 bridgehead atoms. The van der Waals surface area contributed by atoms with E-state index in [1.165, 1.54) is 5.56 Å². The standard InChI is InChI=1S/C11H12Cl2O/c1-7(2)8-3-5-9(6-4-8)10(14)11(12)13/h3-7,11H,1-2H3. The maximum atomic E-state index is 11.4. The lowest BCUT2D eigenvalue weighted by atomic mass is 10.0. The highest BCUT2D eigenvalue weighted by Gasteiger charge is 2.13. The summed E-state index contributed by atoms with van der Waals surface area (Å²) in [5, 5.41) is 0. The third kappa shape index (κ3) is 2.73. The Morgan fingerprint density at radius 3 is 2.00 bits per heavy atom. The molecule has 0 unspecified atom stereocenters. The zero-order valence-corrected chi connectivity index (χ0v) is 9.64. The second-order valence-electron chi connectivity index (χ2n) is 3.44. The molecule has 0 N–H and O–H groups in total. The Balaban J connectivity index is 2.89. The van der Waals surface area contributed by atoms with Gasteiger partial charge in [-0.1, -0.05) is 61.3 Å². The number of hydrogen-bond donors (Lipinski definition) is 0. The Labute approximate surface area is 94.0 Å². The molecule has 76 valence electrons. The summed E-state index contributed by atoms with van der Waals surface area (Å²) in [6.45, 7) is 4.20. The predicted octanol–water partition coefficient (Wildman–Crippen LogP) is 3.80. The van der Waals surface area contributed by atoms with Crippen molar-refractivity contribution in [3.63, 3.8) is 0 Å². The van der Waals surface area contributed by atoms with Crippen molar-refractivity contribution < 1.29 is 4.79 Å². The lowest BCUT2D eigenvalue weighted by Crippen LogP contribution is -2.07. The molecular weight excluding hydrogens is 219 g/mol. The Hall–Kier alpha value is -0.530. The van der Waals surface area contributed by atoms with Crippen LogP contribution in [0.15, 0.2) is 24.3 Å². The van der Waals surface area contributed by atoms with Crippen LogP contribution in [0.25, 0.3) is 0 Å². The molecule has 0 fully saturated rings. The van der Waals surface area contributed by atoms with Crippen LogP contribution < -0.4 is 0 Å². The zero-order chi connectivity index (χ0) is 10.7.